The summed E-state index contributed by atoms with van der Waals surface area (Å²) >= 11 is 0. The van der Waals surface area contributed by atoms with Crippen molar-refractivity contribution >= 4 is 17.7 Å². The van der Waals surface area contributed by atoms with Gasteiger partial charge in [0.05, 0.1) is 18.3 Å². The Bertz CT molecular complexity index is 1660. The van der Waals surface area contributed by atoms with Gasteiger partial charge in [-0.2, -0.15) is 0 Å². The Hall–Kier alpha value is -5.14. The molecule has 0 aliphatic carbocycles. The third-order valence-electron chi connectivity index (χ3n) is 8.09. The fourth-order valence-electron chi connectivity index (χ4n) is 5.46. The van der Waals surface area contributed by atoms with Crippen molar-refractivity contribution in [2.45, 2.75) is 43.7 Å². The Morgan fingerprint density at radius 2 is 1.49 bits per heavy atom. The zero-order chi connectivity index (χ0) is 34.9. The van der Waals surface area contributed by atoms with E-state index in [0.717, 1.165) is 0 Å². The van der Waals surface area contributed by atoms with E-state index in [1.54, 1.807) is 19.1 Å². The minimum atomic E-state index is -1.18. The molecule has 0 spiro atoms. The van der Waals surface area contributed by atoms with Gasteiger partial charge in [-0.25, -0.2) is 22.4 Å². The minimum absolute atomic E-state index is 0.0242. The number of nitrogens with two attached hydrogens (primary N) is 1. The molecule has 13 heteroatoms. The number of morpholine rings is 1. The highest BCUT2D eigenvalue weighted by atomic mass is 19.1. The van der Waals surface area contributed by atoms with Crippen molar-refractivity contribution in [1.29, 1.82) is 0 Å². The number of benzene rings is 4. The first-order valence-electron chi connectivity index (χ1n) is 15.6. The predicted octanol–water partition coefficient (Wildman–Crippen LogP) is 5.39. The number of ether oxygens (including phenoxy) is 3. The normalized spacial score (nSPS) is 17.2. The smallest absolute Gasteiger partial charge is 0.407 e. The lowest BCUT2D eigenvalue weighted by Crippen LogP contribution is -2.53. The first kappa shape index (κ1) is 35.2. The summed E-state index contributed by atoms with van der Waals surface area (Å²) in [7, 11) is 0. The molecule has 9 nitrogen and oxygen atoms in total. The zero-order valence-corrected chi connectivity index (χ0v) is 26.5. The molecular formula is C36H36F4N4O5. The van der Waals surface area contributed by atoms with Crippen LogP contribution in [0, 0.1) is 23.3 Å². The molecule has 1 heterocycles. The highest BCUT2D eigenvalue weighted by Crippen LogP contribution is 2.35. The van der Waals surface area contributed by atoms with Crippen molar-refractivity contribution in [2.24, 2.45) is 5.73 Å². The van der Waals surface area contributed by atoms with E-state index in [2.05, 4.69) is 16.0 Å². The highest BCUT2D eigenvalue weighted by Gasteiger charge is 2.33. The average molecular weight is 681 g/mol. The summed E-state index contributed by atoms with van der Waals surface area (Å²) < 4.78 is 73.3. The number of para-hydroxylation sites is 1. The Balaban J connectivity index is 1.21. The lowest BCUT2D eigenvalue weighted by atomic mass is 9.84. The van der Waals surface area contributed by atoms with Gasteiger partial charge in [-0.3, -0.25) is 4.79 Å². The summed E-state index contributed by atoms with van der Waals surface area (Å²) in [5.74, 6) is -3.82. The van der Waals surface area contributed by atoms with Crippen LogP contribution in [0.2, 0.25) is 0 Å². The van der Waals surface area contributed by atoms with Crippen LogP contribution in [-0.4, -0.2) is 56.1 Å². The summed E-state index contributed by atoms with van der Waals surface area (Å²) in [5.41, 5.74) is 7.75. The molecule has 1 aliphatic rings. The molecule has 258 valence electrons. The second-order valence-corrected chi connectivity index (χ2v) is 11.6. The second-order valence-electron chi connectivity index (χ2n) is 11.6. The Morgan fingerprint density at radius 3 is 2.04 bits per heavy atom. The Labute approximate surface area is 280 Å². The van der Waals surface area contributed by atoms with E-state index < -0.39 is 53.6 Å². The van der Waals surface area contributed by atoms with Gasteiger partial charge in [-0.1, -0.05) is 42.5 Å². The van der Waals surface area contributed by atoms with Crippen LogP contribution in [0.4, 0.5) is 28.0 Å². The molecular weight excluding hydrogens is 644 g/mol. The van der Waals surface area contributed by atoms with E-state index in [9.17, 15) is 22.8 Å². The molecule has 49 heavy (non-hydrogen) atoms. The molecule has 1 aliphatic heterocycles. The molecule has 0 unspecified atom stereocenters. The van der Waals surface area contributed by atoms with Gasteiger partial charge >= 0.3 is 6.09 Å². The average Bonchev–Trinajstić information content (AvgIpc) is 3.09. The molecule has 1 saturated heterocycles. The number of carbonyl (C=O) groups excluding carboxylic acids is 2. The second kappa shape index (κ2) is 16.3. The molecule has 0 aromatic heterocycles. The van der Waals surface area contributed by atoms with Crippen LogP contribution in [0.15, 0.2) is 91.0 Å². The van der Waals surface area contributed by atoms with Crippen LogP contribution < -0.4 is 26.4 Å². The molecule has 2 amide bonds. The Morgan fingerprint density at radius 1 is 0.898 bits per heavy atom. The van der Waals surface area contributed by atoms with Gasteiger partial charge in [-0.15, -0.1) is 0 Å². The zero-order valence-electron chi connectivity index (χ0n) is 26.5. The van der Waals surface area contributed by atoms with Crippen LogP contribution in [-0.2, 0) is 20.8 Å². The number of alkyl carbamates (subject to hydrolysis) is 1. The number of hydrogen-bond acceptors (Lipinski definition) is 7. The number of rotatable bonds is 13. The van der Waals surface area contributed by atoms with Gasteiger partial charge in [0.25, 0.3) is 0 Å². The van der Waals surface area contributed by atoms with Gasteiger partial charge in [0, 0.05) is 19.0 Å². The van der Waals surface area contributed by atoms with Crippen LogP contribution in [0.1, 0.15) is 29.5 Å². The molecule has 0 radical (unpaired) electrons. The van der Waals surface area contributed by atoms with E-state index in [1.807, 2.05) is 0 Å². The fraction of sp³-hybridized carbons (Fsp3) is 0.278. The SMILES string of the molecule is C[C@H](Oc1c(F)cccc1N[C@H](C(N)=O)C(c1ccc(F)cc1)c1ccc(F)cc1)[C@@H]1CN[C@H](COC(=O)NCc2ccc(F)cc2)CO1. The fourth-order valence-corrected chi connectivity index (χ4v) is 5.46. The molecule has 0 bridgehead atoms. The molecule has 4 aromatic carbocycles. The Kier molecular flexibility index (Phi) is 11.7. The predicted molar refractivity (Wildman–Crippen MR) is 174 cm³/mol. The van der Waals surface area contributed by atoms with E-state index in [-0.39, 0.29) is 43.1 Å². The quantitative estimate of drug-likeness (QED) is 0.140. The van der Waals surface area contributed by atoms with Crippen molar-refractivity contribution < 1.29 is 41.4 Å². The van der Waals surface area contributed by atoms with Crippen LogP contribution >= 0.6 is 0 Å². The van der Waals surface area contributed by atoms with Crippen LogP contribution in [0.3, 0.4) is 0 Å². The highest BCUT2D eigenvalue weighted by molar-refractivity contribution is 5.85. The van der Waals surface area contributed by atoms with E-state index >= 15 is 4.39 Å². The summed E-state index contributed by atoms with van der Waals surface area (Å²) in [6.45, 7) is 2.37. The van der Waals surface area contributed by atoms with E-state index in [1.165, 1.54) is 78.9 Å². The van der Waals surface area contributed by atoms with Crippen molar-refractivity contribution in [3.8, 4) is 5.75 Å². The number of primary amides is 1. The van der Waals surface area contributed by atoms with Gasteiger partial charge in [0.2, 0.25) is 5.91 Å². The number of anilines is 1. The molecule has 5 N–H and O–H groups in total. The topological polar surface area (TPSA) is 124 Å². The van der Waals surface area contributed by atoms with E-state index in [4.69, 9.17) is 19.9 Å². The molecule has 5 rings (SSSR count). The van der Waals surface area contributed by atoms with Crippen LogP contribution in [0.25, 0.3) is 0 Å². The van der Waals surface area contributed by atoms with Gasteiger partial charge < -0.3 is 35.9 Å². The number of amides is 2. The lowest BCUT2D eigenvalue weighted by Gasteiger charge is -2.34. The number of halogens is 4. The summed E-state index contributed by atoms with van der Waals surface area (Å²) in [6, 6.07) is 19.4. The third-order valence-corrected chi connectivity index (χ3v) is 8.09. The van der Waals surface area contributed by atoms with Crippen molar-refractivity contribution in [2.75, 3.05) is 25.1 Å². The van der Waals surface area contributed by atoms with Crippen molar-refractivity contribution in [1.82, 2.24) is 10.6 Å². The third kappa shape index (κ3) is 9.48. The van der Waals surface area contributed by atoms with Crippen molar-refractivity contribution in [3.05, 3.63) is 131 Å². The maximum absolute atomic E-state index is 15.3. The van der Waals surface area contributed by atoms with Gasteiger partial charge in [-0.05, 0) is 72.1 Å². The summed E-state index contributed by atoms with van der Waals surface area (Å²) in [4.78, 5) is 25.0. The summed E-state index contributed by atoms with van der Waals surface area (Å²) in [6.07, 6.45) is -1.84. The number of nitrogens with one attached hydrogen (secondary N) is 3. The first-order valence-corrected chi connectivity index (χ1v) is 15.6. The van der Waals surface area contributed by atoms with Crippen molar-refractivity contribution in [3.63, 3.8) is 0 Å². The lowest BCUT2D eigenvalue weighted by molar-refractivity contribution is -0.119. The molecule has 4 aromatic rings. The van der Waals surface area contributed by atoms with Gasteiger partial charge in [0.15, 0.2) is 11.6 Å². The molecule has 4 atom stereocenters. The summed E-state index contributed by atoms with van der Waals surface area (Å²) in [5, 5.41) is 8.86. The maximum atomic E-state index is 15.3. The first-order chi connectivity index (χ1) is 23.6. The number of carbonyl (C=O) groups is 2. The van der Waals surface area contributed by atoms with Gasteiger partial charge in [0.1, 0.15) is 42.3 Å². The van der Waals surface area contributed by atoms with Crippen LogP contribution in [0.5, 0.6) is 5.75 Å². The monoisotopic (exact) mass is 680 g/mol. The largest absolute Gasteiger partial charge is 0.483 e. The van der Waals surface area contributed by atoms with E-state index in [0.29, 0.717) is 23.2 Å². The number of hydrogen-bond donors (Lipinski definition) is 4. The molecule has 0 saturated carbocycles. The molecule has 1 fully saturated rings. The standard InChI is InChI=1S/C36H36F4N4O5/c1-21(31-18-42-28(19-47-31)20-48-36(46)43-17-22-5-11-25(37)12-6-22)49-34-29(40)3-2-4-30(34)44-33(35(41)45)32(23-7-13-26(38)14-8-23)24-9-15-27(39)16-10-24/h2-16,21,28,31-33,42,44H,17-20H2,1H3,(H2,41,45)(H,43,46)/t21-,28-,31-,33-/m0/s1. The minimum Gasteiger partial charge on any atom is -0.483 e. The maximum Gasteiger partial charge on any atom is 0.407 e.